The van der Waals surface area contributed by atoms with Crippen molar-refractivity contribution in [3.8, 4) is 5.75 Å². The lowest BCUT2D eigenvalue weighted by Gasteiger charge is -2.21. The number of ether oxygens (including phenoxy) is 1. The fourth-order valence-corrected chi connectivity index (χ4v) is 2.79. The van der Waals surface area contributed by atoms with E-state index in [-0.39, 0.29) is 12.5 Å². The van der Waals surface area contributed by atoms with Crippen LogP contribution in [0, 0.1) is 13.8 Å². The Labute approximate surface area is 154 Å². The molecule has 0 bridgehead atoms. The maximum absolute atomic E-state index is 12.1. The highest BCUT2D eigenvalue weighted by atomic mass is 35.5. The van der Waals surface area contributed by atoms with Gasteiger partial charge in [-0.1, -0.05) is 11.6 Å². The largest absolute Gasteiger partial charge is 0.484 e. The minimum atomic E-state index is -0.194. The van der Waals surface area contributed by atoms with Crippen molar-refractivity contribution in [2.24, 2.45) is 0 Å². The summed E-state index contributed by atoms with van der Waals surface area (Å²) in [5.74, 6) is 0.451. The Balaban J connectivity index is 1.92. The average Bonchev–Trinajstić information content (AvgIpc) is 2.60. The number of nitrogens with zero attached hydrogens (tertiary/aromatic N) is 1. The first-order chi connectivity index (χ1) is 11.9. The van der Waals surface area contributed by atoms with E-state index in [1.165, 1.54) is 0 Å². The highest BCUT2D eigenvalue weighted by Gasteiger charge is 2.08. The van der Waals surface area contributed by atoms with E-state index in [1.54, 1.807) is 0 Å². The number of aryl methyl sites for hydroxylation is 2. The third kappa shape index (κ3) is 5.13. The number of benzene rings is 2. The van der Waals surface area contributed by atoms with Gasteiger partial charge in [0, 0.05) is 29.5 Å². The lowest BCUT2D eigenvalue weighted by molar-refractivity contribution is -0.118. The molecule has 0 aliphatic rings. The van der Waals surface area contributed by atoms with Crippen LogP contribution >= 0.6 is 11.6 Å². The van der Waals surface area contributed by atoms with Crippen LogP contribution < -0.4 is 15.0 Å². The summed E-state index contributed by atoms with van der Waals surface area (Å²) >= 11 is 6.14. The summed E-state index contributed by atoms with van der Waals surface area (Å²) in [6, 6.07) is 11.5. The van der Waals surface area contributed by atoms with E-state index >= 15 is 0 Å². The van der Waals surface area contributed by atoms with Gasteiger partial charge in [0.15, 0.2) is 6.61 Å². The summed E-state index contributed by atoms with van der Waals surface area (Å²) in [5, 5.41) is 3.57. The molecule has 0 radical (unpaired) electrons. The quantitative estimate of drug-likeness (QED) is 0.769. The Morgan fingerprint density at radius 1 is 1.08 bits per heavy atom. The summed E-state index contributed by atoms with van der Waals surface area (Å²) in [6.07, 6.45) is 0. The molecule has 134 valence electrons. The van der Waals surface area contributed by atoms with Gasteiger partial charge in [0.2, 0.25) is 0 Å². The van der Waals surface area contributed by atoms with Crippen LogP contribution in [0.5, 0.6) is 5.75 Å². The van der Waals surface area contributed by atoms with Crippen LogP contribution in [0.15, 0.2) is 36.4 Å². The second kappa shape index (κ2) is 8.77. The summed E-state index contributed by atoms with van der Waals surface area (Å²) in [5.41, 5.74) is 3.77. The normalized spacial score (nSPS) is 10.4. The van der Waals surface area contributed by atoms with Crippen molar-refractivity contribution >= 4 is 28.9 Å². The standard InChI is InChI=1S/C20H25ClN2O2/c1-5-23(6-2)17-9-7-16(8-10-17)22-19(24)13-25-18-11-14(3)20(21)15(4)12-18/h7-12H,5-6,13H2,1-4H3,(H,22,24). The summed E-state index contributed by atoms with van der Waals surface area (Å²) in [7, 11) is 0. The first kappa shape index (κ1) is 19.1. The maximum atomic E-state index is 12.1. The molecule has 4 nitrogen and oxygen atoms in total. The van der Waals surface area contributed by atoms with Gasteiger partial charge in [-0.25, -0.2) is 0 Å². The van der Waals surface area contributed by atoms with E-state index in [1.807, 2.05) is 50.2 Å². The van der Waals surface area contributed by atoms with E-state index in [2.05, 4.69) is 24.1 Å². The van der Waals surface area contributed by atoms with Gasteiger partial charge in [0.05, 0.1) is 0 Å². The Hall–Kier alpha value is -2.20. The molecule has 2 aromatic carbocycles. The predicted molar refractivity (Wildman–Crippen MR) is 105 cm³/mol. The molecule has 25 heavy (non-hydrogen) atoms. The fraction of sp³-hybridized carbons (Fsp3) is 0.350. The Morgan fingerprint density at radius 3 is 2.16 bits per heavy atom. The number of halogens is 1. The van der Waals surface area contributed by atoms with Crippen molar-refractivity contribution in [3.05, 3.63) is 52.5 Å². The number of carbonyl (C=O) groups is 1. The van der Waals surface area contributed by atoms with Gasteiger partial charge in [-0.15, -0.1) is 0 Å². The summed E-state index contributed by atoms with van der Waals surface area (Å²) in [4.78, 5) is 14.3. The molecule has 0 aromatic heterocycles. The monoisotopic (exact) mass is 360 g/mol. The van der Waals surface area contributed by atoms with Crippen LogP contribution in [0.4, 0.5) is 11.4 Å². The number of carbonyl (C=O) groups excluding carboxylic acids is 1. The zero-order valence-corrected chi connectivity index (χ0v) is 16.0. The molecule has 0 spiro atoms. The molecule has 0 saturated carbocycles. The first-order valence-electron chi connectivity index (χ1n) is 8.49. The molecule has 0 fully saturated rings. The second-order valence-corrected chi connectivity index (χ2v) is 6.31. The molecule has 0 aliphatic heterocycles. The Kier molecular flexibility index (Phi) is 6.71. The first-order valence-corrected chi connectivity index (χ1v) is 8.86. The number of hydrogen-bond acceptors (Lipinski definition) is 3. The number of rotatable bonds is 7. The van der Waals surface area contributed by atoms with E-state index in [0.29, 0.717) is 5.75 Å². The topological polar surface area (TPSA) is 41.6 Å². The molecule has 1 amide bonds. The van der Waals surface area contributed by atoms with Crippen molar-refractivity contribution < 1.29 is 9.53 Å². The van der Waals surface area contributed by atoms with Gasteiger partial charge in [-0.2, -0.15) is 0 Å². The van der Waals surface area contributed by atoms with E-state index < -0.39 is 0 Å². The zero-order chi connectivity index (χ0) is 18.4. The highest BCUT2D eigenvalue weighted by molar-refractivity contribution is 6.32. The lowest BCUT2D eigenvalue weighted by atomic mass is 10.1. The molecular weight excluding hydrogens is 336 g/mol. The molecule has 5 heteroatoms. The SMILES string of the molecule is CCN(CC)c1ccc(NC(=O)COc2cc(C)c(Cl)c(C)c2)cc1. The fourth-order valence-electron chi connectivity index (χ4n) is 2.68. The average molecular weight is 361 g/mol. The van der Waals surface area contributed by atoms with Gasteiger partial charge in [0.25, 0.3) is 5.91 Å². The van der Waals surface area contributed by atoms with Gasteiger partial charge in [-0.3, -0.25) is 4.79 Å². The molecule has 0 heterocycles. The number of hydrogen-bond donors (Lipinski definition) is 1. The van der Waals surface area contributed by atoms with Gasteiger partial charge >= 0.3 is 0 Å². The minimum Gasteiger partial charge on any atom is -0.484 e. The van der Waals surface area contributed by atoms with Crippen LogP contribution in [0.1, 0.15) is 25.0 Å². The van der Waals surface area contributed by atoms with Gasteiger partial charge in [0.1, 0.15) is 5.75 Å². The highest BCUT2D eigenvalue weighted by Crippen LogP contribution is 2.25. The Morgan fingerprint density at radius 2 is 1.64 bits per heavy atom. The molecule has 1 N–H and O–H groups in total. The summed E-state index contributed by atoms with van der Waals surface area (Å²) in [6.45, 7) is 9.94. The van der Waals surface area contributed by atoms with Crippen LogP contribution in [-0.2, 0) is 4.79 Å². The molecule has 0 aliphatic carbocycles. The third-order valence-corrected chi connectivity index (χ3v) is 4.66. The van der Waals surface area contributed by atoms with E-state index in [0.717, 1.165) is 40.6 Å². The lowest BCUT2D eigenvalue weighted by Crippen LogP contribution is -2.22. The zero-order valence-electron chi connectivity index (χ0n) is 15.2. The van der Waals surface area contributed by atoms with Crippen LogP contribution in [0.3, 0.4) is 0 Å². The van der Waals surface area contributed by atoms with Crippen LogP contribution in [0.2, 0.25) is 5.02 Å². The Bertz CT molecular complexity index is 702. The molecule has 0 atom stereocenters. The third-order valence-electron chi connectivity index (χ3n) is 4.06. The van der Waals surface area contributed by atoms with E-state index in [9.17, 15) is 4.79 Å². The van der Waals surface area contributed by atoms with Crippen LogP contribution in [0.25, 0.3) is 0 Å². The van der Waals surface area contributed by atoms with Crippen molar-refractivity contribution in [1.29, 1.82) is 0 Å². The minimum absolute atomic E-state index is 0.0433. The van der Waals surface area contributed by atoms with Gasteiger partial charge < -0.3 is 15.0 Å². The second-order valence-electron chi connectivity index (χ2n) is 5.93. The van der Waals surface area contributed by atoms with Crippen molar-refractivity contribution in [3.63, 3.8) is 0 Å². The van der Waals surface area contributed by atoms with Gasteiger partial charge in [-0.05, 0) is 75.2 Å². The molecule has 2 aromatic rings. The molecular formula is C20H25ClN2O2. The van der Waals surface area contributed by atoms with Crippen molar-refractivity contribution in [2.45, 2.75) is 27.7 Å². The summed E-state index contributed by atoms with van der Waals surface area (Å²) < 4.78 is 5.57. The molecule has 2 rings (SSSR count). The molecule has 0 saturated heterocycles. The van der Waals surface area contributed by atoms with Crippen molar-refractivity contribution in [2.75, 3.05) is 29.9 Å². The molecule has 0 unspecified atom stereocenters. The van der Waals surface area contributed by atoms with Crippen LogP contribution in [-0.4, -0.2) is 25.6 Å². The number of amides is 1. The maximum Gasteiger partial charge on any atom is 0.262 e. The predicted octanol–water partition coefficient (Wildman–Crippen LogP) is 4.82. The van der Waals surface area contributed by atoms with E-state index in [4.69, 9.17) is 16.3 Å². The number of nitrogens with one attached hydrogen (secondary N) is 1. The van der Waals surface area contributed by atoms with Crippen molar-refractivity contribution in [1.82, 2.24) is 0 Å². The smallest absolute Gasteiger partial charge is 0.262 e. The number of anilines is 2.